The Morgan fingerprint density at radius 1 is 1.20 bits per heavy atom. The van der Waals surface area contributed by atoms with E-state index in [9.17, 15) is 9.90 Å². The molecular weight excluding hydrogens is 252 g/mol. The molecule has 1 rings (SSSR count). The molecule has 0 fully saturated rings. The van der Waals surface area contributed by atoms with E-state index in [0.29, 0.717) is 11.4 Å². The van der Waals surface area contributed by atoms with Crippen LogP contribution in [0.3, 0.4) is 0 Å². The van der Waals surface area contributed by atoms with Crippen LogP contribution < -0.4 is 5.32 Å². The van der Waals surface area contributed by atoms with Gasteiger partial charge < -0.3 is 10.4 Å². The molecule has 0 saturated carbocycles. The van der Waals surface area contributed by atoms with E-state index in [1.807, 2.05) is 0 Å². The fourth-order valence-corrected chi connectivity index (χ4v) is 2.45. The van der Waals surface area contributed by atoms with Gasteiger partial charge in [0.25, 0.3) is 0 Å². The third-order valence-electron chi connectivity index (χ3n) is 4.06. The van der Waals surface area contributed by atoms with Crippen molar-refractivity contribution in [3.63, 3.8) is 0 Å². The number of rotatable bonds is 8. The number of aromatic nitrogens is 1. The molecule has 0 aliphatic carbocycles. The molecule has 0 bridgehead atoms. The van der Waals surface area contributed by atoms with Crippen LogP contribution in [-0.2, 0) is 6.42 Å². The summed E-state index contributed by atoms with van der Waals surface area (Å²) in [7, 11) is 0. The van der Waals surface area contributed by atoms with Crippen molar-refractivity contribution >= 4 is 11.8 Å². The van der Waals surface area contributed by atoms with Crippen molar-refractivity contribution in [3.8, 4) is 0 Å². The number of carboxylic acid groups (broad SMARTS) is 1. The van der Waals surface area contributed by atoms with Gasteiger partial charge in [0.05, 0.1) is 5.56 Å². The number of anilines is 1. The molecule has 4 nitrogen and oxygen atoms in total. The summed E-state index contributed by atoms with van der Waals surface area (Å²) in [4.78, 5) is 15.8. The molecule has 0 amide bonds. The molecule has 0 aromatic carbocycles. The Hall–Kier alpha value is -1.58. The molecule has 0 aliphatic heterocycles. The second kappa shape index (κ2) is 7.27. The second-order valence-electron chi connectivity index (χ2n) is 5.25. The van der Waals surface area contributed by atoms with Gasteiger partial charge in [-0.1, -0.05) is 34.1 Å². The molecule has 4 heteroatoms. The van der Waals surface area contributed by atoms with Crippen LogP contribution in [0.2, 0.25) is 0 Å². The number of aryl methyl sites for hydroxylation is 1. The molecule has 1 aromatic heterocycles. The van der Waals surface area contributed by atoms with Gasteiger partial charge in [0, 0.05) is 11.2 Å². The van der Waals surface area contributed by atoms with Crippen molar-refractivity contribution in [1.82, 2.24) is 4.98 Å². The summed E-state index contributed by atoms with van der Waals surface area (Å²) in [5, 5.41) is 12.7. The van der Waals surface area contributed by atoms with Crippen LogP contribution in [0, 0.1) is 0 Å². The van der Waals surface area contributed by atoms with Crippen LogP contribution in [0.25, 0.3) is 0 Å². The predicted octanol–water partition coefficient (Wildman–Crippen LogP) is 4.11. The van der Waals surface area contributed by atoms with E-state index in [1.54, 1.807) is 12.1 Å². The van der Waals surface area contributed by atoms with Crippen molar-refractivity contribution in [1.29, 1.82) is 0 Å². The lowest BCUT2D eigenvalue weighted by atomic mass is 9.90. The monoisotopic (exact) mass is 278 g/mol. The fourth-order valence-electron chi connectivity index (χ4n) is 2.45. The standard InChI is InChI=1S/C16H26N2O2/c1-5-9-13-10-12(15(19)20)11-14(17-13)18-16(6-2,7-3)8-4/h10-11H,5-9H2,1-4H3,(H,17,18)(H,19,20). The van der Waals surface area contributed by atoms with Crippen LogP contribution in [0.5, 0.6) is 0 Å². The number of carboxylic acids is 1. The maximum absolute atomic E-state index is 11.2. The summed E-state index contributed by atoms with van der Waals surface area (Å²) in [5.41, 5.74) is 1.14. The molecule has 0 unspecified atom stereocenters. The Kier molecular flexibility index (Phi) is 5.99. The zero-order valence-corrected chi connectivity index (χ0v) is 13.0. The summed E-state index contributed by atoms with van der Waals surface area (Å²) >= 11 is 0. The molecular formula is C16H26N2O2. The van der Waals surface area contributed by atoms with Gasteiger partial charge in [-0.2, -0.15) is 0 Å². The molecule has 0 spiro atoms. The smallest absolute Gasteiger partial charge is 0.335 e. The largest absolute Gasteiger partial charge is 0.478 e. The van der Waals surface area contributed by atoms with Gasteiger partial charge in [0.15, 0.2) is 0 Å². The van der Waals surface area contributed by atoms with E-state index in [0.717, 1.165) is 37.8 Å². The first-order valence-electron chi connectivity index (χ1n) is 7.52. The highest BCUT2D eigenvalue weighted by molar-refractivity contribution is 5.88. The van der Waals surface area contributed by atoms with E-state index < -0.39 is 5.97 Å². The SMILES string of the molecule is CCCc1cc(C(=O)O)cc(NC(CC)(CC)CC)n1. The number of aromatic carboxylic acids is 1. The molecule has 20 heavy (non-hydrogen) atoms. The zero-order chi connectivity index (χ0) is 15.2. The lowest BCUT2D eigenvalue weighted by molar-refractivity contribution is 0.0696. The molecule has 0 radical (unpaired) electrons. The Balaban J connectivity index is 3.12. The van der Waals surface area contributed by atoms with Gasteiger partial charge in [0.1, 0.15) is 5.82 Å². The molecule has 0 saturated heterocycles. The number of hydrogen-bond donors (Lipinski definition) is 2. The third-order valence-corrected chi connectivity index (χ3v) is 4.06. The lowest BCUT2D eigenvalue weighted by Crippen LogP contribution is -2.36. The van der Waals surface area contributed by atoms with Crippen LogP contribution in [0.1, 0.15) is 69.4 Å². The topological polar surface area (TPSA) is 62.2 Å². The molecule has 0 aliphatic rings. The zero-order valence-electron chi connectivity index (χ0n) is 13.0. The van der Waals surface area contributed by atoms with Crippen molar-refractivity contribution in [2.24, 2.45) is 0 Å². The molecule has 112 valence electrons. The number of nitrogens with zero attached hydrogens (tertiary/aromatic N) is 1. The summed E-state index contributed by atoms with van der Waals surface area (Å²) < 4.78 is 0. The van der Waals surface area contributed by atoms with Crippen LogP contribution in [0.4, 0.5) is 5.82 Å². The third kappa shape index (κ3) is 3.95. The minimum absolute atomic E-state index is 0.00634. The summed E-state index contributed by atoms with van der Waals surface area (Å²) in [5.74, 6) is -0.221. The van der Waals surface area contributed by atoms with Crippen molar-refractivity contribution in [3.05, 3.63) is 23.4 Å². The number of hydrogen-bond acceptors (Lipinski definition) is 3. The minimum atomic E-state index is -0.900. The highest BCUT2D eigenvalue weighted by Crippen LogP contribution is 2.25. The van der Waals surface area contributed by atoms with Crippen molar-refractivity contribution in [2.45, 2.75) is 65.3 Å². The Bertz CT molecular complexity index is 446. The summed E-state index contributed by atoms with van der Waals surface area (Å²) in [6.07, 6.45) is 4.72. The summed E-state index contributed by atoms with van der Waals surface area (Å²) in [6, 6.07) is 3.31. The Morgan fingerprint density at radius 3 is 2.25 bits per heavy atom. The lowest BCUT2D eigenvalue weighted by Gasteiger charge is -2.32. The Morgan fingerprint density at radius 2 is 1.80 bits per heavy atom. The predicted molar refractivity (Wildman–Crippen MR) is 82.4 cm³/mol. The maximum Gasteiger partial charge on any atom is 0.335 e. The Labute approximate surface area is 121 Å². The first kappa shape index (κ1) is 16.5. The molecule has 0 atom stereocenters. The molecule has 2 N–H and O–H groups in total. The van der Waals surface area contributed by atoms with E-state index in [2.05, 4.69) is 38.0 Å². The normalized spacial score (nSPS) is 11.4. The van der Waals surface area contributed by atoms with E-state index in [4.69, 9.17) is 0 Å². The number of pyridine rings is 1. The van der Waals surface area contributed by atoms with Gasteiger partial charge in [-0.25, -0.2) is 9.78 Å². The van der Waals surface area contributed by atoms with E-state index in [1.165, 1.54) is 0 Å². The molecule has 1 heterocycles. The van der Waals surface area contributed by atoms with E-state index >= 15 is 0 Å². The highest BCUT2D eigenvalue weighted by atomic mass is 16.4. The first-order valence-corrected chi connectivity index (χ1v) is 7.52. The van der Waals surface area contributed by atoms with Crippen LogP contribution in [-0.4, -0.2) is 21.6 Å². The number of carbonyl (C=O) groups is 1. The van der Waals surface area contributed by atoms with Gasteiger partial charge in [-0.05, 0) is 37.8 Å². The average molecular weight is 278 g/mol. The fraction of sp³-hybridized carbons (Fsp3) is 0.625. The second-order valence-corrected chi connectivity index (χ2v) is 5.25. The molecule has 1 aromatic rings. The first-order chi connectivity index (χ1) is 9.50. The van der Waals surface area contributed by atoms with Crippen LogP contribution >= 0.6 is 0 Å². The van der Waals surface area contributed by atoms with Gasteiger partial charge in [0.2, 0.25) is 0 Å². The van der Waals surface area contributed by atoms with Gasteiger partial charge >= 0.3 is 5.97 Å². The van der Waals surface area contributed by atoms with Crippen molar-refractivity contribution in [2.75, 3.05) is 5.32 Å². The average Bonchev–Trinajstić information content (AvgIpc) is 2.45. The van der Waals surface area contributed by atoms with Crippen molar-refractivity contribution < 1.29 is 9.90 Å². The number of nitrogens with one attached hydrogen (secondary N) is 1. The highest BCUT2D eigenvalue weighted by Gasteiger charge is 2.24. The quantitative estimate of drug-likeness (QED) is 0.751. The van der Waals surface area contributed by atoms with E-state index in [-0.39, 0.29) is 5.54 Å². The summed E-state index contributed by atoms with van der Waals surface area (Å²) in [6.45, 7) is 8.51. The van der Waals surface area contributed by atoms with Gasteiger partial charge in [-0.3, -0.25) is 0 Å². The minimum Gasteiger partial charge on any atom is -0.478 e. The van der Waals surface area contributed by atoms with Gasteiger partial charge in [-0.15, -0.1) is 0 Å². The maximum atomic E-state index is 11.2. The van der Waals surface area contributed by atoms with Crippen LogP contribution in [0.15, 0.2) is 12.1 Å².